The summed E-state index contributed by atoms with van der Waals surface area (Å²) in [5, 5.41) is 0. The average Bonchev–Trinajstić information content (AvgIpc) is 2.08. The van der Waals surface area contributed by atoms with Gasteiger partial charge in [0.15, 0.2) is 0 Å². The van der Waals surface area contributed by atoms with Crippen molar-refractivity contribution in [2.24, 2.45) is 0 Å². The van der Waals surface area contributed by atoms with Crippen molar-refractivity contribution in [3.05, 3.63) is 35.1 Å². The fourth-order valence-corrected chi connectivity index (χ4v) is 1.03. The Bertz CT molecular complexity index is 281. The minimum absolute atomic E-state index is 0.665. The molecule has 1 heterocycles. The summed E-state index contributed by atoms with van der Waals surface area (Å²) in [5.41, 5.74) is 1.13. The summed E-state index contributed by atoms with van der Waals surface area (Å²) in [4.78, 5) is 4.05. The normalized spacial score (nSPS) is 9.69. The van der Waals surface area contributed by atoms with Crippen LogP contribution in [0.5, 0.6) is 5.75 Å². The lowest BCUT2D eigenvalue weighted by atomic mass is 10.3. The molecule has 0 spiro atoms. The van der Waals surface area contributed by atoms with Gasteiger partial charge in [-0.15, -0.1) is 6.58 Å². The van der Waals surface area contributed by atoms with Crippen LogP contribution in [0.25, 0.3) is 0 Å². The zero-order chi connectivity index (χ0) is 9.68. The Balaban J connectivity index is 2.37. The maximum absolute atomic E-state index is 5.43. The lowest BCUT2D eigenvalue weighted by Gasteiger charge is -2.04. The van der Waals surface area contributed by atoms with E-state index in [4.69, 9.17) is 4.74 Å². The van der Waals surface area contributed by atoms with E-state index in [2.05, 4.69) is 27.5 Å². The van der Waals surface area contributed by atoms with E-state index in [1.807, 2.05) is 19.1 Å². The first-order chi connectivity index (χ1) is 6.18. The smallest absolute Gasteiger partial charge is 0.137 e. The van der Waals surface area contributed by atoms with Crippen LogP contribution in [0.2, 0.25) is 0 Å². The highest BCUT2D eigenvalue weighted by Crippen LogP contribution is 2.13. The average molecular weight is 242 g/mol. The van der Waals surface area contributed by atoms with E-state index >= 15 is 0 Å². The van der Waals surface area contributed by atoms with Crippen molar-refractivity contribution in [1.29, 1.82) is 0 Å². The summed E-state index contributed by atoms with van der Waals surface area (Å²) in [6.07, 6.45) is 2.58. The van der Waals surface area contributed by atoms with E-state index in [1.165, 1.54) is 0 Å². The molecule has 0 aliphatic rings. The second kappa shape index (κ2) is 5.02. The third kappa shape index (κ3) is 4.08. The van der Waals surface area contributed by atoms with Crippen LogP contribution in [0.4, 0.5) is 0 Å². The predicted octanol–water partition coefficient (Wildman–Crippen LogP) is 3.19. The van der Waals surface area contributed by atoms with Crippen LogP contribution in [0, 0.1) is 0 Å². The fraction of sp³-hybridized carbons (Fsp3) is 0.300. The number of aromatic nitrogens is 1. The Morgan fingerprint density at radius 3 is 2.92 bits per heavy atom. The summed E-state index contributed by atoms with van der Waals surface area (Å²) in [6, 6.07) is 3.74. The van der Waals surface area contributed by atoms with Crippen LogP contribution in [-0.4, -0.2) is 11.6 Å². The van der Waals surface area contributed by atoms with E-state index in [0.29, 0.717) is 6.61 Å². The first kappa shape index (κ1) is 10.3. The Morgan fingerprint density at radius 2 is 2.38 bits per heavy atom. The van der Waals surface area contributed by atoms with Gasteiger partial charge in [-0.2, -0.15) is 0 Å². The molecule has 0 aromatic carbocycles. The van der Waals surface area contributed by atoms with Crippen molar-refractivity contribution in [2.75, 3.05) is 6.61 Å². The van der Waals surface area contributed by atoms with Gasteiger partial charge in [0.25, 0.3) is 0 Å². The van der Waals surface area contributed by atoms with Gasteiger partial charge in [0.2, 0.25) is 0 Å². The topological polar surface area (TPSA) is 22.1 Å². The van der Waals surface area contributed by atoms with E-state index in [-0.39, 0.29) is 0 Å². The van der Waals surface area contributed by atoms with Crippen molar-refractivity contribution >= 4 is 15.9 Å². The molecule has 0 amide bonds. The number of ether oxygens (including phenoxy) is 1. The second-order valence-corrected chi connectivity index (χ2v) is 3.68. The molecule has 13 heavy (non-hydrogen) atoms. The molecule has 1 aromatic heterocycles. The van der Waals surface area contributed by atoms with Crippen molar-refractivity contribution in [1.82, 2.24) is 4.98 Å². The van der Waals surface area contributed by atoms with Crippen LogP contribution in [-0.2, 0) is 0 Å². The standard InChI is InChI=1S/C10H12BrNO/c1-8(2)5-6-13-9-3-4-10(11)12-7-9/h3-4,7H,1,5-6H2,2H3. The first-order valence-electron chi connectivity index (χ1n) is 4.07. The molecular weight excluding hydrogens is 230 g/mol. The van der Waals surface area contributed by atoms with Gasteiger partial charge in [-0.1, -0.05) is 5.57 Å². The summed E-state index contributed by atoms with van der Waals surface area (Å²) in [7, 11) is 0. The molecule has 70 valence electrons. The van der Waals surface area contributed by atoms with Crippen LogP contribution in [0.3, 0.4) is 0 Å². The molecule has 0 saturated carbocycles. The predicted molar refractivity (Wildman–Crippen MR) is 56.9 cm³/mol. The maximum Gasteiger partial charge on any atom is 0.137 e. The molecule has 0 aliphatic carbocycles. The number of nitrogens with zero attached hydrogens (tertiary/aromatic N) is 1. The van der Waals surface area contributed by atoms with E-state index in [9.17, 15) is 0 Å². The van der Waals surface area contributed by atoms with Gasteiger partial charge in [-0.05, 0) is 35.0 Å². The monoisotopic (exact) mass is 241 g/mol. The van der Waals surface area contributed by atoms with Gasteiger partial charge < -0.3 is 4.74 Å². The minimum atomic E-state index is 0.665. The molecule has 0 bridgehead atoms. The number of hydrogen-bond donors (Lipinski definition) is 0. The van der Waals surface area contributed by atoms with E-state index < -0.39 is 0 Å². The maximum atomic E-state index is 5.43. The van der Waals surface area contributed by atoms with E-state index in [0.717, 1.165) is 22.3 Å². The highest BCUT2D eigenvalue weighted by atomic mass is 79.9. The Kier molecular flexibility index (Phi) is 3.96. The molecule has 0 unspecified atom stereocenters. The molecule has 1 rings (SSSR count). The Hall–Kier alpha value is -0.830. The van der Waals surface area contributed by atoms with Crippen molar-refractivity contribution < 1.29 is 4.74 Å². The zero-order valence-electron chi connectivity index (χ0n) is 7.59. The largest absolute Gasteiger partial charge is 0.492 e. The van der Waals surface area contributed by atoms with Gasteiger partial charge >= 0.3 is 0 Å². The second-order valence-electron chi connectivity index (χ2n) is 2.87. The third-order valence-corrected chi connectivity index (χ3v) is 1.97. The van der Waals surface area contributed by atoms with E-state index in [1.54, 1.807) is 6.20 Å². The fourth-order valence-electron chi connectivity index (χ4n) is 0.791. The highest BCUT2D eigenvalue weighted by Gasteiger charge is 1.94. The Labute approximate surface area is 86.8 Å². The van der Waals surface area contributed by atoms with Gasteiger partial charge in [0.05, 0.1) is 12.8 Å². The molecule has 0 N–H and O–H groups in total. The van der Waals surface area contributed by atoms with Crippen molar-refractivity contribution in [2.45, 2.75) is 13.3 Å². The summed E-state index contributed by atoms with van der Waals surface area (Å²) in [6.45, 7) is 6.45. The third-order valence-electron chi connectivity index (χ3n) is 1.50. The number of rotatable bonds is 4. The molecule has 0 fully saturated rings. The van der Waals surface area contributed by atoms with Crippen LogP contribution in [0.1, 0.15) is 13.3 Å². The van der Waals surface area contributed by atoms with Crippen LogP contribution < -0.4 is 4.74 Å². The summed E-state index contributed by atoms with van der Waals surface area (Å²) >= 11 is 3.26. The molecular formula is C10H12BrNO. The summed E-state index contributed by atoms with van der Waals surface area (Å²) < 4.78 is 6.25. The Morgan fingerprint density at radius 1 is 1.62 bits per heavy atom. The lowest BCUT2D eigenvalue weighted by molar-refractivity contribution is 0.320. The number of hydrogen-bond acceptors (Lipinski definition) is 2. The van der Waals surface area contributed by atoms with Gasteiger partial charge in [-0.25, -0.2) is 4.98 Å². The quantitative estimate of drug-likeness (QED) is 0.597. The number of halogens is 1. The molecule has 1 aromatic rings. The minimum Gasteiger partial charge on any atom is -0.492 e. The molecule has 0 aliphatic heterocycles. The molecule has 0 saturated heterocycles. The van der Waals surface area contributed by atoms with Crippen molar-refractivity contribution in [3.63, 3.8) is 0 Å². The SMILES string of the molecule is C=C(C)CCOc1ccc(Br)nc1. The molecule has 2 nitrogen and oxygen atoms in total. The van der Waals surface area contributed by atoms with Gasteiger partial charge in [-0.3, -0.25) is 0 Å². The van der Waals surface area contributed by atoms with Gasteiger partial charge in [0, 0.05) is 6.42 Å². The molecule has 0 atom stereocenters. The highest BCUT2D eigenvalue weighted by molar-refractivity contribution is 9.10. The lowest BCUT2D eigenvalue weighted by Crippen LogP contribution is -1.97. The summed E-state index contributed by atoms with van der Waals surface area (Å²) in [5.74, 6) is 0.796. The van der Waals surface area contributed by atoms with Crippen molar-refractivity contribution in [3.8, 4) is 5.75 Å². The zero-order valence-corrected chi connectivity index (χ0v) is 9.17. The first-order valence-corrected chi connectivity index (χ1v) is 4.86. The van der Waals surface area contributed by atoms with Crippen LogP contribution in [0.15, 0.2) is 35.1 Å². The number of pyridine rings is 1. The molecule has 0 radical (unpaired) electrons. The van der Waals surface area contributed by atoms with Crippen LogP contribution >= 0.6 is 15.9 Å². The van der Waals surface area contributed by atoms with Gasteiger partial charge in [0.1, 0.15) is 10.4 Å². The molecule has 3 heteroatoms.